The first-order valence-electron chi connectivity index (χ1n) is 10.9. The summed E-state index contributed by atoms with van der Waals surface area (Å²) in [5.41, 5.74) is 8.33. The van der Waals surface area contributed by atoms with Crippen molar-refractivity contribution in [1.29, 1.82) is 5.41 Å². The topological polar surface area (TPSA) is 139 Å². The maximum absolute atomic E-state index is 13.5. The Morgan fingerprint density at radius 2 is 1.50 bits per heavy atom. The van der Waals surface area contributed by atoms with E-state index in [-0.39, 0.29) is 17.0 Å². The summed E-state index contributed by atoms with van der Waals surface area (Å²) in [7, 11) is -4.05. The number of carbonyl (C=O) groups excluding carboxylic acids is 2. The van der Waals surface area contributed by atoms with E-state index in [1.807, 2.05) is 24.3 Å². The largest absolute Gasteiger partial charge is 0.384 e. The monoisotopic (exact) mass is 501 g/mol. The molecule has 0 unspecified atom stereocenters. The predicted molar refractivity (Wildman–Crippen MR) is 140 cm³/mol. The van der Waals surface area contributed by atoms with Gasteiger partial charge in [0.2, 0.25) is 0 Å². The van der Waals surface area contributed by atoms with Gasteiger partial charge in [-0.2, -0.15) is 8.42 Å². The number of hydrogen-bond donors (Lipinski definition) is 3. The van der Waals surface area contributed by atoms with Crippen molar-refractivity contribution < 1.29 is 22.2 Å². The standard InChI is InChI=1S/C27H23N3O5S/c1-16-7-12-21(24(13-16)27(32)35-36(2,33)34)22-14-18-5-3-4-6-19(18)15-23(22)26(31)30-20-10-8-17(9-11-20)25(28)29/h3-15H,1-2H3,(H3,28,29)(H,30,31). The molecule has 9 heteroatoms. The number of nitrogens with one attached hydrogen (secondary N) is 2. The highest BCUT2D eigenvalue weighted by molar-refractivity contribution is 7.86. The Morgan fingerprint density at radius 1 is 0.861 bits per heavy atom. The Morgan fingerprint density at radius 3 is 2.11 bits per heavy atom. The summed E-state index contributed by atoms with van der Waals surface area (Å²) in [5, 5.41) is 12.0. The molecule has 8 nitrogen and oxygen atoms in total. The first kappa shape index (κ1) is 24.6. The van der Waals surface area contributed by atoms with Crippen molar-refractivity contribution in [2.75, 3.05) is 11.6 Å². The average molecular weight is 502 g/mol. The maximum Gasteiger partial charge on any atom is 0.354 e. The van der Waals surface area contributed by atoms with Crippen LogP contribution in [0.2, 0.25) is 0 Å². The van der Waals surface area contributed by atoms with E-state index < -0.39 is 22.0 Å². The Balaban J connectivity index is 1.85. The number of amidine groups is 1. The van der Waals surface area contributed by atoms with E-state index in [1.165, 1.54) is 6.07 Å². The van der Waals surface area contributed by atoms with Crippen LogP contribution in [0.25, 0.3) is 21.9 Å². The fraction of sp³-hybridized carbons (Fsp3) is 0.0741. The highest BCUT2D eigenvalue weighted by atomic mass is 32.2. The number of nitrogen functional groups attached to an aromatic ring is 1. The first-order chi connectivity index (χ1) is 17.0. The molecule has 0 heterocycles. The second kappa shape index (κ2) is 9.63. The summed E-state index contributed by atoms with van der Waals surface area (Å²) in [4.78, 5) is 26.3. The third-order valence-electron chi connectivity index (χ3n) is 5.50. The molecule has 4 rings (SSSR count). The molecular weight excluding hydrogens is 478 g/mol. The van der Waals surface area contributed by atoms with Crippen molar-refractivity contribution in [3.8, 4) is 11.1 Å². The molecule has 0 saturated carbocycles. The number of hydrogen-bond acceptors (Lipinski definition) is 6. The molecule has 0 aliphatic carbocycles. The van der Waals surface area contributed by atoms with Crippen LogP contribution in [-0.4, -0.2) is 32.4 Å². The van der Waals surface area contributed by atoms with Crippen LogP contribution in [0.4, 0.5) is 5.69 Å². The molecule has 0 radical (unpaired) electrons. The van der Waals surface area contributed by atoms with Crippen molar-refractivity contribution in [2.24, 2.45) is 5.73 Å². The van der Waals surface area contributed by atoms with Gasteiger partial charge in [0.15, 0.2) is 0 Å². The molecule has 36 heavy (non-hydrogen) atoms. The number of nitrogens with two attached hydrogens (primary N) is 1. The molecule has 182 valence electrons. The van der Waals surface area contributed by atoms with Gasteiger partial charge >= 0.3 is 16.1 Å². The van der Waals surface area contributed by atoms with Gasteiger partial charge in [-0.25, -0.2) is 4.79 Å². The smallest absolute Gasteiger partial charge is 0.354 e. The zero-order valence-corrected chi connectivity index (χ0v) is 20.3. The van der Waals surface area contributed by atoms with Crippen molar-refractivity contribution in [2.45, 2.75) is 6.92 Å². The molecule has 0 spiro atoms. The van der Waals surface area contributed by atoms with Crippen LogP contribution >= 0.6 is 0 Å². The fourth-order valence-electron chi connectivity index (χ4n) is 3.83. The number of aryl methyl sites for hydroxylation is 1. The zero-order valence-electron chi connectivity index (χ0n) is 19.5. The van der Waals surface area contributed by atoms with E-state index in [9.17, 15) is 18.0 Å². The molecule has 4 aromatic carbocycles. The normalized spacial score (nSPS) is 11.2. The van der Waals surface area contributed by atoms with E-state index in [4.69, 9.17) is 11.1 Å². The molecule has 0 aliphatic rings. The summed E-state index contributed by atoms with van der Waals surface area (Å²) in [5.74, 6) is -1.55. The second-order valence-electron chi connectivity index (χ2n) is 8.31. The Labute approximate surface area is 208 Å². The first-order valence-corrected chi connectivity index (χ1v) is 12.7. The summed E-state index contributed by atoms with van der Waals surface area (Å²) in [6, 6.07) is 22.4. The number of anilines is 1. The average Bonchev–Trinajstić information content (AvgIpc) is 2.82. The van der Waals surface area contributed by atoms with Crippen LogP contribution in [0.15, 0.2) is 78.9 Å². The van der Waals surface area contributed by atoms with Gasteiger partial charge < -0.3 is 15.2 Å². The molecule has 0 bridgehead atoms. The van der Waals surface area contributed by atoms with Crippen LogP contribution in [-0.2, 0) is 14.3 Å². The van der Waals surface area contributed by atoms with Gasteiger partial charge in [-0.05, 0) is 71.3 Å². The Kier molecular flexibility index (Phi) is 6.59. The summed E-state index contributed by atoms with van der Waals surface area (Å²) >= 11 is 0. The predicted octanol–water partition coefficient (Wildman–Crippen LogP) is 4.47. The quantitative estimate of drug-likeness (QED) is 0.202. The van der Waals surface area contributed by atoms with Crippen LogP contribution < -0.4 is 11.1 Å². The minimum Gasteiger partial charge on any atom is -0.384 e. The lowest BCUT2D eigenvalue weighted by molar-refractivity contribution is 0.0748. The fourth-order valence-corrected chi connectivity index (χ4v) is 4.19. The van der Waals surface area contributed by atoms with Gasteiger partial charge in [-0.15, -0.1) is 0 Å². The van der Waals surface area contributed by atoms with E-state index in [0.717, 1.165) is 22.6 Å². The minimum atomic E-state index is -4.05. The molecule has 4 N–H and O–H groups in total. The maximum atomic E-state index is 13.5. The van der Waals surface area contributed by atoms with Crippen LogP contribution in [0.5, 0.6) is 0 Å². The lowest BCUT2D eigenvalue weighted by Gasteiger charge is -2.16. The third-order valence-corrected chi connectivity index (χ3v) is 5.95. The number of rotatable bonds is 6. The highest BCUT2D eigenvalue weighted by Crippen LogP contribution is 2.33. The Bertz CT molecular complexity index is 1630. The summed E-state index contributed by atoms with van der Waals surface area (Å²) in [6.07, 6.45) is 0.798. The van der Waals surface area contributed by atoms with Gasteiger partial charge in [0, 0.05) is 16.8 Å². The lowest BCUT2D eigenvalue weighted by atomic mass is 9.91. The van der Waals surface area contributed by atoms with Gasteiger partial charge in [-0.1, -0.05) is 42.0 Å². The van der Waals surface area contributed by atoms with Gasteiger partial charge in [0.05, 0.1) is 11.8 Å². The SMILES string of the molecule is Cc1ccc(-c2cc3ccccc3cc2C(=O)Nc2ccc(C(=N)N)cc2)c(C(=O)OS(C)(=O)=O)c1. The van der Waals surface area contributed by atoms with E-state index >= 15 is 0 Å². The molecule has 1 amide bonds. The van der Waals surface area contributed by atoms with Gasteiger partial charge in [0.1, 0.15) is 5.84 Å². The van der Waals surface area contributed by atoms with Crippen molar-refractivity contribution in [3.05, 3.63) is 101 Å². The zero-order chi connectivity index (χ0) is 26.0. The van der Waals surface area contributed by atoms with Crippen molar-refractivity contribution in [3.63, 3.8) is 0 Å². The molecule has 0 atom stereocenters. The molecule has 0 aliphatic heterocycles. The molecule has 4 aromatic rings. The van der Waals surface area contributed by atoms with E-state index in [1.54, 1.807) is 55.5 Å². The summed E-state index contributed by atoms with van der Waals surface area (Å²) in [6.45, 7) is 1.76. The molecule has 0 saturated heterocycles. The number of fused-ring (bicyclic) bond motifs is 1. The number of amides is 1. The van der Waals surface area contributed by atoms with Crippen molar-refractivity contribution >= 4 is 44.3 Å². The highest BCUT2D eigenvalue weighted by Gasteiger charge is 2.23. The number of carbonyl (C=O) groups is 2. The van der Waals surface area contributed by atoms with Crippen LogP contribution in [0.1, 0.15) is 31.8 Å². The van der Waals surface area contributed by atoms with E-state index in [0.29, 0.717) is 22.4 Å². The van der Waals surface area contributed by atoms with E-state index in [2.05, 4.69) is 9.50 Å². The minimum absolute atomic E-state index is 0.0237. The van der Waals surface area contributed by atoms with Crippen molar-refractivity contribution in [1.82, 2.24) is 0 Å². The molecular formula is C27H23N3O5S. The van der Waals surface area contributed by atoms with Crippen LogP contribution in [0.3, 0.4) is 0 Å². The van der Waals surface area contributed by atoms with Crippen LogP contribution in [0, 0.1) is 12.3 Å². The number of benzene rings is 4. The molecule has 0 aromatic heterocycles. The van der Waals surface area contributed by atoms with Gasteiger partial charge in [0.25, 0.3) is 5.91 Å². The second-order valence-corrected chi connectivity index (χ2v) is 9.89. The lowest BCUT2D eigenvalue weighted by Crippen LogP contribution is -2.16. The Hall–Kier alpha value is -4.50. The summed E-state index contributed by atoms with van der Waals surface area (Å²) < 4.78 is 27.9. The van der Waals surface area contributed by atoms with Gasteiger partial charge in [-0.3, -0.25) is 10.2 Å². The molecule has 0 fully saturated rings. The third kappa shape index (κ3) is 5.42.